The van der Waals surface area contributed by atoms with Crippen LogP contribution >= 0.6 is 0 Å². The maximum Gasteiger partial charge on any atom is 0.332 e. The van der Waals surface area contributed by atoms with Gasteiger partial charge in [-0.15, -0.1) is 0 Å². The number of hydrogen-bond donors (Lipinski definition) is 1. The summed E-state index contributed by atoms with van der Waals surface area (Å²) in [7, 11) is 0. The molecule has 0 saturated heterocycles. The summed E-state index contributed by atoms with van der Waals surface area (Å²) in [5.41, 5.74) is -2.96. The van der Waals surface area contributed by atoms with Crippen molar-refractivity contribution in [1.82, 2.24) is 0 Å². The van der Waals surface area contributed by atoms with Crippen molar-refractivity contribution < 1.29 is 18.7 Å². The fourth-order valence-electron chi connectivity index (χ4n) is 3.64. The number of carbonyl (C=O) groups excluding carboxylic acids is 1. The summed E-state index contributed by atoms with van der Waals surface area (Å²) in [6.45, 7) is 8.45. The van der Waals surface area contributed by atoms with Crippen LogP contribution in [0.25, 0.3) is 0 Å². The third-order valence-corrected chi connectivity index (χ3v) is 4.28. The van der Waals surface area contributed by atoms with Gasteiger partial charge in [-0.1, -0.05) is 34.1 Å². The molecule has 0 aromatic carbocycles. The number of aliphatic hydroxyl groups is 1. The van der Waals surface area contributed by atoms with Gasteiger partial charge in [0.25, 0.3) is 0 Å². The van der Waals surface area contributed by atoms with E-state index in [2.05, 4.69) is 0 Å². The van der Waals surface area contributed by atoms with Crippen LogP contribution in [0, 0.1) is 10.8 Å². The molecule has 1 saturated carbocycles. The summed E-state index contributed by atoms with van der Waals surface area (Å²) in [4.78, 5) is 11.2. The highest BCUT2D eigenvalue weighted by molar-refractivity contribution is 5.84. The minimum Gasteiger partial charge on any atom is -0.383 e. The lowest BCUT2D eigenvalue weighted by Crippen LogP contribution is -2.59. The van der Waals surface area contributed by atoms with Gasteiger partial charge in [-0.3, -0.25) is 4.79 Å². The highest BCUT2D eigenvalue weighted by atomic mass is 19.3. The number of carbonyl (C=O) groups is 1. The Kier molecular flexibility index (Phi) is 3.68. The van der Waals surface area contributed by atoms with Gasteiger partial charge in [-0.25, -0.2) is 0 Å². The molecule has 0 aromatic rings. The van der Waals surface area contributed by atoms with Gasteiger partial charge < -0.3 is 5.11 Å². The molecule has 1 aliphatic carbocycles. The van der Waals surface area contributed by atoms with E-state index in [0.717, 1.165) is 13.3 Å². The molecule has 0 aromatic heterocycles. The molecule has 0 bridgehead atoms. The van der Waals surface area contributed by atoms with Gasteiger partial charge >= 0.3 is 5.92 Å². The average molecular weight is 262 g/mol. The van der Waals surface area contributed by atoms with Crippen LogP contribution in [-0.2, 0) is 4.79 Å². The number of alkyl halides is 2. The molecule has 1 N–H and O–H groups in total. The van der Waals surface area contributed by atoms with Crippen molar-refractivity contribution in [2.75, 3.05) is 0 Å². The van der Waals surface area contributed by atoms with E-state index < -0.39 is 22.7 Å². The predicted molar refractivity (Wildman–Crippen MR) is 66.6 cm³/mol. The first-order valence-electron chi connectivity index (χ1n) is 6.49. The zero-order chi connectivity index (χ0) is 14.4. The molecule has 0 spiro atoms. The Labute approximate surface area is 108 Å². The van der Waals surface area contributed by atoms with E-state index in [0.29, 0.717) is 6.42 Å². The maximum atomic E-state index is 14.0. The maximum absolute atomic E-state index is 14.0. The third-order valence-electron chi connectivity index (χ3n) is 4.28. The van der Waals surface area contributed by atoms with E-state index >= 15 is 0 Å². The summed E-state index contributed by atoms with van der Waals surface area (Å²) >= 11 is 0. The molecule has 0 heterocycles. The van der Waals surface area contributed by atoms with Crippen LogP contribution in [0.15, 0.2) is 0 Å². The minimum absolute atomic E-state index is 0.0213. The Morgan fingerprint density at radius 1 is 1.22 bits per heavy atom. The van der Waals surface area contributed by atoms with Crippen molar-refractivity contribution in [1.29, 1.82) is 0 Å². The van der Waals surface area contributed by atoms with Crippen molar-refractivity contribution in [2.24, 2.45) is 10.8 Å². The standard InChI is InChI=1S/C14H24F2O2/c1-6-12(5)7-11(3,4)8-13(18,9-12)14(15,16)10(2)17/h18H,6-9H2,1-5H3. The van der Waals surface area contributed by atoms with Crippen LogP contribution in [0.1, 0.15) is 60.3 Å². The summed E-state index contributed by atoms with van der Waals surface area (Å²) in [5, 5.41) is 10.4. The summed E-state index contributed by atoms with van der Waals surface area (Å²) in [5.74, 6) is -4.91. The second-order valence-corrected chi connectivity index (χ2v) is 7.02. The number of halogens is 2. The molecule has 1 rings (SSSR count). The van der Waals surface area contributed by atoms with Gasteiger partial charge in [0.2, 0.25) is 5.78 Å². The molecular formula is C14H24F2O2. The van der Waals surface area contributed by atoms with Gasteiger partial charge in [-0.2, -0.15) is 8.78 Å². The van der Waals surface area contributed by atoms with E-state index in [4.69, 9.17) is 0 Å². The number of rotatable bonds is 3. The lowest BCUT2D eigenvalue weighted by atomic mass is 9.56. The largest absolute Gasteiger partial charge is 0.383 e. The van der Waals surface area contributed by atoms with Crippen LogP contribution in [0.5, 0.6) is 0 Å². The smallest absolute Gasteiger partial charge is 0.332 e. The molecule has 106 valence electrons. The summed E-state index contributed by atoms with van der Waals surface area (Å²) in [6.07, 6.45) is 1.44. The molecule has 0 radical (unpaired) electrons. The topological polar surface area (TPSA) is 37.3 Å². The van der Waals surface area contributed by atoms with Crippen LogP contribution < -0.4 is 0 Å². The highest BCUT2D eigenvalue weighted by Crippen LogP contribution is 2.56. The molecule has 2 atom stereocenters. The predicted octanol–water partition coefficient (Wildman–Crippen LogP) is 3.57. The minimum atomic E-state index is -3.67. The van der Waals surface area contributed by atoms with Crippen LogP contribution in [-0.4, -0.2) is 22.4 Å². The van der Waals surface area contributed by atoms with Crippen LogP contribution in [0.4, 0.5) is 8.78 Å². The van der Waals surface area contributed by atoms with E-state index in [1.165, 1.54) is 0 Å². The molecule has 2 unspecified atom stereocenters. The second-order valence-electron chi connectivity index (χ2n) is 7.02. The first kappa shape index (κ1) is 15.5. The molecular weight excluding hydrogens is 238 g/mol. The van der Waals surface area contributed by atoms with Crippen molar-refractivity contribution in [3.8, 4) is 0 Å². The second kappa shape index (κ2) is 4.26. The number of Topliss-reactive ketones (excluding diaryl/α,β-unsaturated/α-hetero) is 1. The summed E-state index contributed by atoms with van der Waals surface area (Å²) < 4.78 is 28.1. The first-order chi connectivity index (χ1) is 7.88. The van der Waals surface area contributed by atoms with Crippen molar-refractivity contribution >= 4 is 5.78 Å². The Morgan fingerprint density at radius 2 is 1.72 bits per heavy atom. The van der Waals surface area contributed by atoms with Crippen molar-refractivity contribution in [2.45, 2.75) is 71.8 Å². The Bertz CT molecular complexity index is 352. The summed E-state index contributed by atoms with van der Waals surface area (Å²) in [6, 6.07) is 0. The molecule has 2 nitrogen and oxygen atoms in total. The van der Waals surface area contributed by atoms with Gasteiger partial charge in [0.1, 0.15) is 5.60 Å². The van der Waals surface area contributed by atoms with E-state index in [1.807, 2.05) is 27.7 Å². The highest BCUT2D eigenvalue weighted by Gasteiger charge is 2.62. The molecule has 0 amide bonds. The number of ketones is 1. The van der Waals surface area contributed by atoms with Crippen molar-refractivity contribution in [3.63, 3.8) is 0 Å². The molecule has 0 aliphatic heterocycles. The third kappa shape index (κ3) is 2.58. The number of hydrogen-bond acceptors (Lipinski definition) is 2. The lowest BCUT2D eigenvalue weighted by Gasteiger charge is -2.52. The normalized spacial score (nSPS) is 36.4. The van der Waals surface area contributed by atoms with E-state index in [1.54, 1.807) is 0 Å². The fourth-order valence-corrected chi connectivity index (χ4v) is 3.64. The zero-order valence-corrected chi connectivity index (χ0v) is 11.9. The molecule has 4 heteroatoms. The van der Waals surface area contributed by atoms with Crippen molar-refractivity contribution in [3.05, 3.63) is 0 Å². The Balaban J connectivity index is 3.19. The van der Waals surface area contributed by atoms with E-state index in [9.17, 15) is 18.7 Å². The van der Waals surface area contributed by atoms with Crippen LogP contribution in [0.3, 0.4) is 0 Å². The quantitative estimate of drug-likeness (QED) is 0.844. The average Bonchev–Trinajstić information content (AvgIpc) is 2.13. The molecule has 18 heavy (non-hydrogen) atoms. The van der Waals surface area contributed by atoms with Gasteiger partial charge in [0.15, 0.2) is 0 Å². The van der Waals surface area contributed by atoms with Gasteiger partial charge in [-0.05, 0) is 30.1 Å². The lowest BCUT2D eigenvalue weighted by molar-refractivity contribution is -0.223. The van der Waals surface area contributed by atoms with Gasteiger partial charge in [0, 0.05) is 6.92 Å². The Morgan fingerprint density at radius 3 is 2.11 bits per heavy atom. The zero-order valence-electron chi connectivity index (χ0n) is 11.9. The van der Waals surface area contributed by atoms with Crippen LogP contribution in [0.2, 0.25) is 0 Å². The molecule has 1 aliphatic rings. The Hall–Kier alpha value is -0.510. The monoisotopic (exact) mass is 262 g/mol. The van der Waals surface area contributed by atoms with E-state index in [-0.39, 0.29) is 18.3 Å². The fraction of sp³-hybridized carbons (Fsp3) is 0.929. The molecule has 1 fully saturated rings. The SMILES string of the molecule is CCC1(C)CC(C)(C)CC(O)(C(F)(F)C(C)=O)C1. The van der Waals surface area contributed by atoms with Gasteiger partial charge in [0.05, 0.1) is 0 Å². The first-order valence-corrected chi connectivity index (χ1v) is 6.49.